The van der Waals surface area contributed by atoms with E-state index in [1.54, 1.807) is 6.07 Å². The Bertz CT molecular complexity index is 498. The molecule has 1 saturated carbocycles. The van der Waals surface area contributed by atoms with Gasteiger partial charge in [0.25, 0.3) is 5.69 Å². The first kappa shape index (κ1) is 15.7. The maximum Gasteiger partial charge on any atom is 0.270 e. The zero-order valence-electron chi connectivity index (χ0n) is 12.3. The predicted molar refractivity (Wildman–Crippen MR) is 79.3 cm³/mol. The number of methoxy groups -OCH3 is 1. The molecule has 0 spiro atoms. The molecule has 2 rings (SSSR count). The molecular formula is C15H22N2O4. The monoisotopic (exact) mass is 294 g/mol. The normalized spacial score (nSPS) is 17.4. The van der Waals surface area contributed by atoms with E-state index in [0.29, 0.717) is 17.9 Å². The van der Waals surface area contributed by atoms with Crippen LogP contribution in [0.5, 0.6) is 5.75 Å². The van der Waals surface area contributed by atoms with Gasteiger partial charge >= 0.3 is 0 Å². The van der Waals surface area contributed by atoms with Crippen molar-refractivity contribution in [3.8, 4) is 5.75 Å². The number of rotatable bonds is 6. The van der Waals surface area contributed by atoms with Gasteiger partial charge in [-0.2, -0.15) is 0 Å². The van der Waals surface area contributed by atoms with Crippen LogP contribution in [0.3, 0.4) is 0 Å². The highest BCUT2D eigenvalue weighted by atomic mass is 16.6. The molecule has 0 amide bonds. The van der Waals surface area contributed by atoms with Gasteiger partial charge in [-0.3, -0.25) is 10.1 Å². The van der Waals surface area contributed by atoms with Gasteiger partial charge in [0.1, 0.15) is 5.75 Å². The van der Waals surface area contributed by atoms with E-state index in [9.17, 15) is 10.1 Å². The number of hydrogen-bond donors (Lipinski definition) is 1. The summed E-state index contributed by atoms with van der Waals surface area (Å²) in [6.07, 6.45) is 5.45. The Morgan fingerprint density at radius 1 is 1.33 bits per heavy atom. The largest absolute Gasteiger partial charge is 0.496 e. The van der Waals surface area contributed by atoms with Crippen molar-refractivity contribution >= 4 is 5.69 Å². The van der Waals surface area contributed by atoms with E-state index in [-0.39, 0.29) is 17.8 Å². The van der Waals surface area contributed by atoms with Crippen LogP contribution in [0, 0.1) is 10.1 Å². The van der Waals surface area contributed by atoms with Gasteiger partial charge in [-0.05, 0) is 18.9 Å². The van der Waals surface area contributed by atoms with Crippen LogP contribution in [0.1, 0.15) is 37.7 Å². The molecule has 0 aliphatic heterocycles. The van der Waals surface area contributed by atoms with Crippen molar-refractivity contribution in [2.24, 2.45) is 5.73 Å². The lowest BCUT2D eigenvalue weighted by Gasteiger charge is -2.33. The molecule has 0 saturated heterocycles. The van der Waals surface area contributed by atoms with Crippen LogP contribution in [-0.4, -0.2) is 24.2 Å². The Hall–Kier alpha value is -1.66. The minimum Gasteiger partial charge on any atom is -0.496 e. The van der Waals surface area contributed by atoms with E-state index in [4.69, 9.17) is 15.2 Å². The van der Waals surface area contributed by atoms with E-state index in [0.717, 1.165) is 25.7 Å². The number of nitrogens with two attached hydrogens (primary N) is 1. The molecule has 1 aliphatic rings. The zero-order valence-corrected chi connectivity index (χ0v) is 12.3. The van der Waals surface area contributed by atoms with E-state index in [1.807, 2.05) is 0 Å². The minimum absolute atomic E-state index is 0.0366. The molecule has 0 unspecified atom stereocenters. The van der Waals surface area contributed by atoms with E-state index >= 15 is 0 Å². The molecule has 1 aromatic carbocycles. The van der Waals surface area contributed by atoms with Crippen LogP contribution in [0.15, 0.2) is 18.2 Å². The summed E-state index contributed by atoms with van der Waals surface area (Å²) in [5, 5.41) is 10.8. The van der Waals surface area contributed by atoms with Crippen LogP contribution in [0.4, 0.5) is 5.69 Å². The summed E-state index contributed by atoms with van der Waals surface area (Å²) in [7, 11) is 1.54. The van der Waals surface area contributed by atoms with Gasteiger partial charge in [-0.1, -0.05) is 19.3 Å². The lowest BCUT2D eigenvalue weighted by atomic mass is 9.83. The van der Waals surface area contributed by atoms with Crippen LogP contribution < -0.4 is 10.5 Å². The topological polar surface area (TPSA) is 87.6 Å². The van der Waals surface area contributed by atoms with Crippen molar-refractivity contribution in [1.29, 1.82) is 0 Å². The van der Waals surface area contributed by atoms with Gasteiger partial charge in [-0.25, -0.2) is 0 Å². The lowest BCUT2D eigenvalue weighted by molar-refractivity contribution is -0.385. The summed E-state index contributed by atoms with van der Waals surface area (Å²) in [5.41, 5.74) is 6.76. The molecule has 0 atom stereocenters. The standard InChI is InChI=1S/C15H22N2O4/c1-20-14-6-5-13(17(18)19)9-12(14)10-21-11-15(16)7-3-2-4-8-15/h5-6,9H,2-4,7-8,10-11,16H2,1H3. The second-order valence-corrected chi connectivity index (χ2v) is 5.67. The number of nitro benzene ring substituents is 1. The smallest absolute Gasteiger partial charge is 0.270 e. The summed E-state index contributed by atoms with van der Waals surface area (Å²) in [6, 6.07) is 4.51. The van der Waals surface area contributed by atoms with Crippen LogP contribution in [0.2, 0.25) is 0 Å². The van der Waals surface area contributed by atoms with E-state index in [1.165, 1.54) is 25.7 Å². The minimum atomic E-state index is -0.422. The van der Waals surface area contributed by atoms with Crippen LogP contribution in [0.25, 0.3) is 0 Å². The third-order valence-corrected chi connectivity index (χ3v) is 3.97. The van der Waals surface area contributed by atoms with Gasteiger partial charge < -0.3 is 15.2 Å². The number of benzene rings is 1. The fraction of sp³-hybridized carbons (Fsp3) is 0.600. The van der Waals surface area contributed by atoms with Crippen molar-refractivity contribution in [2.45, 2.75) is 44.2 Å². The van der Waals surface area contributed by atoms with Crippen LogP contribution >= 0.6 is 0 Å². The summed E-state index contributed by atoms with van der Waals surface area (Å²) in [4.78, 5) is 10.4. The number of hydrogen-bond acceptors (Lipinski definition) is 5. The number of ether oxygens (including phenoxy) is 2. The highest BCUT2D eigenvalue weighted by Crippen LogP contribution is 2.28. The molecule has 6 nitrogen and oxygen atoms in total. The average Bonchev–Trinajstić information content (AvgIpc) is 2.47. The Morgan fingerprint density at radius 3 is 2.67 bits per heavy atom. The van der Waals surface area contributed by atoms with Gasteiger partial charge in [-0.15, -0.1) is 0 Å². The molecule has 0 heterocycles. The van der Waals surface area contributed by atoms with E-state index in [2.05, 4.69) is 0 Å². The third-order valence-electron chi connectivity index (χ3n) is 3.97. The summed E-state index contributed by atoms with van der Waals surface area (Å²) < 4.78 is 10.9. The van der Waals surface area contributed by atoms with Gasteiger partial charge in [0.2, 0.25) is 0 Å². The summed E-state index contributed by atoms with van der Waals surface area (Å²) in [5.74, 6) is 0.593. The van der Waals surface area contributed by atoms with Crippen molar-refractivity contribution < 1.29 is 14.4 Å². The molecule has 1 aliphatic carbocycles. The Balaban J connectivity index is 1.98. The maximum atomic E-state index is 10.8. The van der Waals surface area contributed by atoms with Gasteiger partial charge in [0, 0.05) is 23.2 Å². The first-order valence-corrected chi connectivity index (χ1v) is 7.22. The van der Waals surface area contributed by atoms with Crippen molar-refractivity contribution in [3.05, 3.63) is 33.9 Å². The predicted octanol–water partition coefficient (Wildman–Crippen LogP) is 2.78. The molecule has 1 aromatic rings. The number of nitrogens with zero attached hydrogens (tertiary/aromatic N) is 1. The van der Waals surface area contributed by atoms with Gasteiger partial charge in [0.05, 0.1) is 25.2 Å². The molecule has 1 fully saturated rings. The Kier molecular flexibility index (Phi) is 5.14. The molecular weight excluding hydrogens is 272 g/mol. The SMILES string of the molecule is COc1ccc([N+](=O)[O-])cc1COCC1(N)CCCCC1. The van der Waals surface area contributed by atoms with Crippen molar-refractivity contribution in [1.82, 2.24) is 0 Å². The number of nitro groups is 1. The second-order valence-electron chi connectivity index (χ2n) is 5.67. The zero-order chi connectivity index (χ0) is 15.3. The highest BCUT2D eigenvalue weighted by Gasteiger charge is 2.27. The third kappa shape index (κ3) is 4.15. The molecule has 2 N–H and O–H groups in total. The van der Waals surface area contributed by atoms with Gasteiger partial charge in [0.15, 0.2) is 0 Å². The Labute approximate surface area is 124 Å². The average molecular weight is 294 g/mol. The van der Waals surface area contributed by atoms with E-state index < -0.39 is 4.92 Å². The second kappa shape index (κ2) is 6.87. The van der Waals surface area contributed by atoms with Crippen molar-refractivity contribution in [3.63, 3.8) is 0 Å². The molecule has 21 heavy (non-hydrogen) atoms. The first-order chi connectivity index (χ1) is 10.0. The maximum absolute atomic E-state index is 10.8. The molecule has 6 heteroatoms. The Morgan fingerprint density at radius 2 is 2.05 bits per heavy atom. The highest BCUT2D eigenvalue weighted by molar-refractivity contribution is 5.43. The fourth-order valence-corrected chi connectivity index (χ4v) is 2.76. The number of non-ortho nitro benzene ring substituents is 1. The molecule has 116 valence electrons. The fourth-order valence-electron chi connectivity index (χ4n) is 2.76. The molecule has 0 aromatic heterocycles. The van der Waals surface area contributed by atoms with Crippen LogP contribution in [-0.2, 0) is 11.3 Å². The summed E-state index contributed by atoms with van der Waals surface area (Å²) in [6.45, 7) is 0.739. The first-order valence-electron chi connectivity index (χ1n) is 7.22. The van der Waals surface area contributed by atoms with Crippen molar-refractivity contribution in [2.75, 3.05) is 13.7 Å². The molecule has 0 radical (unpaired) electrons. The molecule has 0 bridgehead atoms. The quantitative estimate of drug-likeness (QED) is 0.644. The summed E-state index contributed by atoms with van der Waals surface area (Å²) >= 11 is 0. The lowest BCUT2D eigenvalue weighted by Crippen LogP contribution is -2.46.